The second-order valence-electron chi connectivity index (χ2n) is 5.17. The Labute approximate surface area is 120 Å². The van der Waals surface area contributed by atoms with Crippen LogP contribution in [0.2, 0.25) is 0 Å². The average Bonchev–Trinajstić information content (AvgIpc) is 3.13. The standard InChI is InChI=1S/C14H15N5S/c1-10(11-2-3-13-12(6-11)15-9-20-13)18-4-5-19-8-16-17-14(19)7-18/h2-3,6,8-10H,4-5,7H2,1H3. The highest BCUT2D eigenvalue weighted by molar-refractivity contribution is 7.16. The van der Waals surface area contributed by atoms with Gasteiger partial charge in [-0.3, -0.25) is 4.90 Å². The first-order chi connectivity index (χ1) is 9.81. The largest absolute Gasteiger partial charge is 0.315 e. The zero-order valence-corrected chi connectivity index (χ0v) is 12.0. The quantitative estimate of drug-likeness (QED) is 0.725. The summed E-state index contributed by atoms with van der Waals surface area (Å²) in [4.78, 5) is 6.85. The second-order valence-corrected chi connectivity index (χ2v) is 6.05. The van der Waals surface area contributed by atoms with E-state index in [-0.39, 0.29) is 0 Å². The van der Waals surface area contributed by atoms with Crippen LogP contribution >= 0.6 is 11.3 Å². The van der Waals surface area contributed by atoms with Crippen molar-refractivity contribution in [3.63, 3.8) is 0 Å². The van der Waals surface area contributed by atoms with Crippen molar-refractivity contribution in [1.29, 1.82) is 0 Å². The summed E-state index contributed by atoms with van der Waals surface area (Å²) in [6.07, 6.45) is 1.82. The molecule has 0 N–H and O–H groups in total. The normalized spacial score (nSPS) is 17.2. The first-order valence-corrected chi connectivity index (χ1v) is 7.63. The Balaban J connectivity index is 1.62. The van der Waals surface area contributed by atoms with E-state index in [4.69, 9.17) is 0 Å². The van der Waals surface area contributed by atoms with Gasteiger partial charge in [0.05, 0.1) is 22.3 Å². The molecule has 4 rings (SSSR count). The third kappa shape index (κ3) is 1.92. The number of aromatic nitrogens is 4. The minimum Gasteiger partial charge on any atom is -0.315 e. The van der Waals surface area contributed by atoms with Crippen molar-refractivity contribution >= 4 is 21.6 Å². The number of hydrogen-bond acceptors (Lipinski definition) is 5. The topological polar surface area (TPSA) is 46.8 Å². The molecular weight excluding hydrogens is 270 g/mol. The van der Waals surface area contributed by atoms with Crippen LogP contribution in [0.5, 0.6) is 0 Å². The second kappa shape index (κ2) is 4.64. The van der Waals surface area contributed by atoms with E-state index in [1.54, 1.807) is 11.3 Å². The van der Waals surface area contributed by atoms with E-state index in [2.05, 4.69) is 49.8 Å². The number of benzene rings is 1. The van der Waals surface area contributed by atoms with Gasteiger partial charge in [0.2, 0.25) is 0 Å². The molecule has 1 atom stereocenters. The third-order valence-corrected chi connectivity index (χ3v) is 4.86. The lowest BCUT2D eigenvalue weighted by Gasteiger charge is -2.32. The van der Waals surface area contributed by atoms with Crippen LogP contribution in [-0.4, -0.2) is 31.2 Å². The van der Waals surface area contributed by atoms with Gasteiger partial charge in [-0.25, -0.2) is 4.98 Å². The molecule has 1 unspecified atom stereocenters. The predicted octanol–water partition coefficient (Wildman–Crippen LogP) is 2.46. The summed E-state index contributed by atoms with van der Waals surface area (Å²) in [7, 11) is 0. The van der Waals surface area contributed by atoms with Crippen LogP contribution < -0.4 is 0 Å². The third-order valence-electron chi connectivity index (χ3n) is 4.05. The molecule has 1 aromatic carbocycles. The van der Waals surface area contributed by atoms with Gasteiger partial charge in [-0.1, -0.05) is 6.07 Å². The number of nitrogens with zero attached hydrogens (tertiary/aromatic N) is 5. The SMILES string of the molecule is CC(c1ccc2scnc2c1)N1CCn2cnnc2C1. The van der Waals surface area contributed by atoms with Crippen molar-refractivity contribution in [2.75, 3.05) is 6.54 Å². The van der Waals surface area contributed by atoms with E-state index in [1.165, 1.54) is 10.3 Å². The van der Waals surface area contributed by atoms with E-state index in [0.29, 0.717) is 6.04 Å². The van der Waals surface area contributed by atoms with Crippen LogP contribution in [-0.2, 0) is 13.1 Å². The molecule has 20 heavy (non-hydrogen) atoms. The molecule has 0 radical (unpaired) electrons. The lowest BCUT2D eigenvalue weighted by molar-refractivity contribution is 0.163. The highest BCUT2D eigenvalue weighted by atomic mass is 32.1. The Bertz CT molecular complexity index is 747. The molecule has 0 saturated heterocycles. The molecule has 0 fully saturated rings. The van der Waals surface area contributed by atoms with Gasteiger partial charge in [0.15, 0.2) is 0 Å². The summed E-state index contributed by atoms with van der Waals surface area (Å²) in [5, 5.41) is 8.17. The van der Waals surface area contributed by atoms with Gasteiger partial charge in [-0.2, -0.15) is 0 Å². The highest BCUT2D eigenvalue weighted by Crippen LogP contribution is 2.27. The fourth-order valence-corrected chi connectivity index (χ4v) is 3.42. The van der Waals surface area contributed by atoms with Crippen molar-refractivity contribution < 1.29 is 0 Å². The smallest absolute Gasteiger partial charge is 0.147 e. The summed E-state index contributed by atoms with van der Waals surface area (Å²) in [5.41, 5.74) is 4.32. The van der Waals surface area contributed by atoms with Crippen LogP contribution in [0, 0.1) is 0 Å². The minimum atomic E-state index is 0.367. The molecule has 2 aromatic heterocycles. The molecule has 3 aromatic rings. The summed E-state index contributed by atoms with van der Waals surface area (Å²) in [5.74, 6) is 1.05. The zero-order valence-electron chi connectivity index (χ0n) is 11.2. The Morgan fingerprint density at radius 2 is 2.25 bits per heavy atom. The van der Waals surface area contributed by atoms with Crippen LogP contribution in [0.1, 0.15) is 24.4 Å². The van der Waals surface area contributed by atoms with E-state index in [9.17, 15) is 0 Å². The molecule has 1 aliphatic rings. The molecule has 1 aliphatic heterocycles. The predicted molar refractivity (Wildman–Crippen MR) is 78.5 cm³/mol. The lowest BCUT2D eigenvalue weighted by Crippen LogP contribution is -2.35. The number of hydrogen-bond donors (Lipinski definition) is 0. The summed E-state index contributed by atoms with van der Waals surface area (Å²) < 4.78 is 3.38. The number of rotatable bonds is 2. The van der Waals surface area contributed by atoms with Gasteiger partial charge in [-0.05, 0) is 24.6 Å². The van der Waals surface area contributed by atoms with E-state index in [1.807, 2.05) is 11.8 Å². The van der Waals surface area contributed by atoms with E-state index < -0.39 is 0 Å². The van der Waals surface area contributed by atoms with Gasteiger partial charge in [0, 0.05) is 19.1 Å². The van der Waals surface area contributed by atoms with Crippen molar-refractivity contribution in [3.05, 3.63) is 41.4 Å². The van der Waals surface area contributed by atoms with Crippen LogP contribution in [0.4, 0.5) is 0 Å². The molecular formula is C14H15N5S. The average molecular weight is 285 g/mol. The first-order valence-electron chi connectivity index (χ1n) is 6.75. The fraction of sp³-hybridized carbons (Fsp3) is 0.357. The monoisotopic (exact) mass is 285 g/mol. The maximum Gasteiger partial charge on any atom is 0.147 e. The Hall–Kier alpha value is -1.79. The Kier molecular flexibility index (Phi) is 2.78. The molecule has 6 heteroatoms. The molecule has 5 nitrogen and oxygen atoms in total. The van der Waals surface area contributed by atoms with Gasteiger partial charge in [0.25, 0.3) is 0 Å². The van der Waals surface area contributed by atoms with Gasteiger partial charge >= 0.3 is 0 Å². The summed E-state index contributed by atoms with van der Waals surface area (Å²) in [6.45, 7) is 5.10. The van der Waals surface area contributed by atoms with E-state index >= 15 is 0 Å². The first kappa shape index (κ1) is 12.0. The lowest BCUT2D eigenvalue weighted by atomic mass is 10.1. The molecule has 0 amide bonds. The molecule has 0 saturated carbocycles. The van der Waals surface area contributed by atoms with Crippen molar-refractivity contribution in [2.45, 2.75) is 26.1 Å². The van der Waals surface area contributed by atoms with Crippen molar-refractivity contribution in [2.24, 2.45) is 0 Å². The maximum absolute atomic E-state index is 4.41. The minimum absolute atomic E-state index is 0.367. The summed E-state index contributed by atoms with van der Waals surface area (Å²) >= 11 is 1.69. The summed E-state index contributed by atoms with van der Waals surface area (Å²) in [6, 6.07) is 6.96. The molecule has 3 heterocycles. The van der Waals surface area contributed by atoms with Gasteiger partial charge in [-0.15, -0.1) is 21.5 Å². The Morgan fingerprint density at radius 1 is 1.30 bits per heavy atom. The van der Waals surface area contributed by atoms with Crippen LogP contribution in [0.25, 0.3) is 10.2 Å². The van der Waals surface area contributed by atoms with Gasteiger partial charge in [0.1, 0.15) is 12.2 Å². The molecule has 0 aliphatic carbocycles. The maximum atomic E-state index is 4.41. The molecule has 0 spiro atoms. The highest BCUT2D eigenvalue weighted by Gasteiger charge is 2.22. The molecule has 102 valence electrons. The van der Waals surface area contributed by atoms with Crippen molar-refractivity contribution in [3.8, 4) is 0 Å². The number of thiazole rings is 1. The van der Waals surface area contributed by atoms with Gasteiger partial charge < -0.3 is 4.57 Å². The van der Waals surface area contributed by atoms with Crippen molar-refractivity contribution in [1.82, 2.24) is 24.6 Å². The van der Waals surface area contributed by atoms with Crippen LogP contribution in [0.15, 0.2) is 30.0 Å². The zero-order chi connectivity index (χ0) is 13.5. The molecule has 0 bridgehead atoms. The van der Waals surface area contributed by atoms with E-state index in [0.717, 1.165) is 31.0 Å². The fourth-order valence-electron chi connectivity index (χ4n) is 2.76. The Morgan fingerprint density at radius 3 is 3.20 bits per heavy atom. The number of fused-ring (bicyclic) bond motifs is 2. The van der Waals surface area contributed by atoms with Crippen LogP contribution in [0.3, 0.4) is 0 Å².